The molecular weight excluding hydrogens is 352 g/mol. The van der Waals surface area contributed by atoms with Crippen LogP contribution >= 0.6 is 15.9 Å². The number of anilines is 1. The van der Waals surface area contributed by atoms with E-state index in [2.05, 4.69) is 50.1 Å². The van der Waals surface area contributed by atoms with Gasteiger partial charge in [-0.15, -0.1) is 0 Å². The summed E-state index contributed by atoms with van der Waals surface area (Å²) in [7, 11) is 0. The summed E-state index contributed by atoms with van der Waals surface area (Å²) in [5.41, 5.74) is 3.34. The molecular formula is C19H19BrN2O. The Morgan fingerprint density at radius 1 is 1.04 bits per heavy atom. The molecule has 3 nitrogen and oxygen atoms in total. The molecule has 1 fully saturated rings. The second-order valence-electron chi connectivity index (χ2n) is 5.31. The van der Waals surface area contributed by atoms with Crippen LogP contribution in [0.25, 0.3) is 6.08 Å². The highest BCUT2D eigenvalue weighted by Gasteiger charge is 2.10. The van der Waals surface area contributed by atoms with Crippen molar-refractivity contribution in [1.29, 1.82) is 0 Å². The average Bonchev–Trinajstić information content (AvgIpc) is 2.60. The van der Waals surface area contributed by atoms with Crippen LogP contribution in [0.5, 0.6) is 0 Å². The van der Waals surface area contributed by atoms with Gasteiger partial charge in [0.15, 0.2) is 0 Å². The average molecular weight is 371 g/mol. The van der Waals surface area contributed by atoms with E-state index in [1.54, 1.807) is 0 Å². The summed E-state index contributed by atoms with van der Waals surface area (Å²) < 4.78 is 6.46. The van der Waals surface area contributed by atoms with Crippen LogP contribution in [-0.2, 0) is 4.74 Å². The Morgan fingerprint density at radius 2 is 1.83 bits per heavy atom. The summed E-state index contributed by atoms with van der Waals surface area (Å²) in [4.78, 5) is 6.80. The Labute approximate surface area is 145 Å². The second-order valence-corrected chi connectivity index (χ2v) is 6.22. The van der Waals surface area contributed by atoms with E-state index in [1.807, 2.05) is 42.6 Å². The van der Waals surface area contributed by atoms with E-state index >= 15 is 0 Å². The van der Waals surface area contributed by atoms with E-state index in [4.69, 9.17) is 4.74 Å². The Balaban J connectivity index is 1.59. The first-order valence-electron chi connectivity index (χ1n) is 7.70. The molecule has 118 valence electrons. The van der Waals surface area contributed by atoms with Crippen LogP contribution in [0.1, 0.15) is 5.56 Å². The first-order valence-corrected chi connectivity index (χ1v) is 8.50. The van der Waals surface area contributed by atoms with Gasteiger partial charge in [0.05, 0.1) is 18.9 Å². The lowest BCUT2D eigenvalue weighted by Gasteiger charge is -2.28. The predicted molar refractivity (Wildman–Crippen MR) is 101 cm³/mol. The number of allylic oxidation sites excluding steroid dienone is 1. The van der Waals surface area contributed by atoms with Gasteiger partial charge in [0.2, 0.25) is 0 Å². The maximum atomic E-state index is 5.38. The van der Waals surface area contributed by atoms with Gasteiger partial charge in [-0.2, -0.15) is 0 Å². The van der Waals surface area contributed by atoms with E-state index in [0.717, 1.165) is 42.0 Å². The molecule has 0 aromatic heterocycles. The topological polar surface area (TPSA) is 24.8 Å². The molecule has 0 spiro atoms. The Morgan fingerprint density at radius 3 is 2.57 bits per heavy atom. The number of nitrogens with zero attached hydrogens (tertiary/aromatic N) is 2. The fourth-order valence-corrected chi connectivity index (χ4v) is 2.88. The monoisotopic (exact) mass is 370 g/mol. The van der Waals surface area contributed by atoms with Gasteiger partial charge in [0.1, 0.15) is 0 Å². The van der Waals surface area contributed by atoms with E-state index in [1.165, 1.54) is 5.69 Å². The minimum absolute atomic E-state index is 0.806. The fraction of sp³-hybridized carbons (Fsp3) is 0.211. The van der Waals surface area contributed by atoms with Gasteiger partial charge in [-0.3, -0.25) is 4.99 Å². The third kappa shape index (κ3) is 4.78. The molecule has 0 radical (unpaired) electrons. The predicted octanol–water partition coefficient (Wildman–Crippen LogP) is 4.70. The molecule has 2 aromatic carbocycles. The van der Waals surface area contributed by atoms with Gasteiger partial charge in [-0.1, -0.05) is 34.1 Å². The lowest BCUT2D eigenvalue weighted by Crippen LogP contribution is -2.36. The largest absolute Gasteiger partial charge is 0.378 e. The van der Waals surface area contributed by atoms with E-state index < -0.39 is 0 Å². The molecule has 3 rings (SSSR count). The molecule has 0 aliphatic carbocycles. The van der Waals surface area contributed by atoms with Crippen molar-refractivity contribution in [2.75, 3.05) is 31.2 Å². The molecule has 1 aliphatic heterocycles. The molecule has 1 heterocycles. The molecule has 0 atom stereocenters. The minimum atomic E-state index is 0.806. The van der Waals surface area contributed by atoms with Gasteiger partial charge in [-0.05, 0) is 48.0 Å². The van der Waals surface area contributed by atoms with Crippen molar-refractivity contribution in [1.82, 2.24) is 0 Å². The SMILES string of the molecule is Brc1cccc(/C=C/C=N\c2ccc(N3CCOCC3)cc2)c1. The molecule has 23 heavy (non-hydrogen) atoms. The molecule has 4 heteroatoms. The molecule has 2 aromatic rings. The second kappa shape index (κ2) is 8.09. The number of rotatable bonds is 4. The highest BCUT2D eigenvalue weighted by molar-refractivity contribution is 9.10. The molecule has 1 aliphatic rings. The summed E-state index contributed by atoms with van der Waals surface area (Å²) in [5.74, 6) is 0. The van der Waals surface area contributed by atoms with Crippen molar-refractivity contribution in [3.63, 3.8) is 0 Å². The third-order valence-electron chi connectivity index (χ3n) is 3.67. The third-order valence-corrected chi connectivity index (χ3v) is 4.17. The summed E-state index contributed by atoms with van der Waals surface area (Å²) in [6, 6.07) is 16.5. The maximum absolute atomic E-state index is 5.38. The Hall–Kier alpha value is -1.91. The summed E-state index contributed by atoms with van der Waals surface area (Å²) in [5, 5.41) is 0. The van der Waals surface area contributed by atoms with Crippen molar-refractivity contribution in [3.8, 4) is 0 Å². The number of morpholine rings is 1. The van der Waals surface area contributed by atoms with Gasteiger partial charge < -0.3 is 9.64 Å². The minimum Gasteiger partial charge on any atom is -0.378 e. The number of hydrogen-bond donors (Lipinski definition) is 0. The maximum Gasteiger partial charge on any atom is 0.0642 e. The molecule has 0 amide bonds. The number of hydrogen-bond acceptors (Lipinski definition) is 3. The Kier molecular flexibility index (Phi) is 5.61. The Bertz CT molecular complexity index is 689. The lowest BCUT2D eigenvalue weighted by molar-refractivity contribution is 0.122. The summed E-state index contributed by atoms with van der Waals surface area (Å²) in [6.45, 7) is 3.52. The zero-order chi connectivity index (χ0) is 15.9. The highest BCUT2D eigenvalue weighted by atomic mass is 79.9. The van der Waals surface area contributed by atoms with E-state index in [0.29, 0.717) is 0 Å². The van der Waals surface area contributed by atoms with Crippen LogP contribution in [0.15, 0.2) is 64.1 Å². The van der Waals surface area contributed by atoms with E-state index in [9.17, 15) is 0 Å². The van der Waals surface area contributed by atoms with Crippen LogP contribution in [0.4, 0.5) is 11.4 Å². The lowest BCUT2D eigenvalue weighted by atomic mass is 10.2. The zero-order valence-electron chi connectivity index (χ0n) is 12.9. The van der Waals surface area contributed by atoms with Crippen LogP contribution in [-0.4, -0.2) is 32.5 Å². The zero-order valence-corrected chi connectivity index (χ0v) is 14.4. The van der Waals surface area contributed by atoms with Gasteiger partial charge in [0, 0.05) is 29.5 Å². The molecule has 0 N–H and O–H groups in total. The fourth-order valence-electron chi connectivity index (χ4n) is 2.46. The molecule has 0 unspecified atom stereocenters. The summed E-state index contributed by atoms with van der Waals surface area (Å²) in [6.07, 6.45) is 5.82. The standard InChI is InChI=1S/C19H19BrN2O/c20-17-5-1-3-16(15-17)4-2-10-21-18-6-8-19(9-7-18)22-11-13-23-14-12-22/h1-10,15H,11-14H2/b4-2+,21-10-. The van der Waals surface area contributed by atoms with E-state index in [-0.39, 0.29) is 0 Å². The van der Waals surface area contributed by atoms with Crippen molar-refractivity contribution >= 4 is 39.6 Å². The smallest absolute Gasteiger partial charge is 0.0642 e. The number of aliphatic imine (C=N–C) groups is 1. The van der Waals surface area contributed by atoms with Crippen LogP contribution < -0.4 is 4.90 Å². The number of benzene rings is 2. The van der Waals surface area contributed by atoms with Crippen molar-refractivity contribution in [2.45, 2.75) is 0 Å². The van der Waals surface area contributed by atoms with Gasteiger partial charge >= 0.3 is 0 Å². The first kappa shape index (κ1) is 16.0. The van der Waals surface area contributed by atoms with Gasteiger partial charge in [0.25, 0.3) is 0 Å². The quantitative estimate of drug-likeness (QED) is 0.728. The van der Waals surface area contributed by atoms with Crippen LogP contribution in [0.3, 0.4) is 0 Å². The number of halogens is 1. The first-order chi connectivity index (χ1) is 11.3. The molecule has 1 saturated heterocycles. The van der Waals surface area contributed by atoms with Crippen molar-refractivity contribution in [2.24, 2.45) is 4.99 Å². The van der Waals surface area contributed by atoms with Crippen molar-refractivity contribution in [3.05, 3.63) is 64.6 Å². The van der Waals surface area contributed by atoms with Crippen molar-refractivity contribution < 1.29 is 4.74 Å². The van der Waals surface area contributed by atoms with Gasteiger partial charge in [-0.25, -0.2) is 0 Å². The molecule has 0 bridgehead atoms. The molecule has 0 saturated carbocycles. The summed E-state index contributed by atoms with van der Waals surface area (Å²) >= 11 is 3.47. The number of ether oxygens (including phenoxy) is 1. The normalized spacial score (nSPS) is 15.6. The van der Waals surface area contributed by atoms with Crippen LogP contribution in [0, 0.1) is 0 Å². The van der Waals surface area contributed by atoms with Crippen LogP contribution in [0.2, 0.25) is 0 Å². The highest BCUT2D eigenvalue weighted by Crippen LogP contribution is 2.20.